The smallest absolute Gasteiger partial charge is 0.194 e. The molecule has 0 aromatic heterocycles. The fourth-order valence-corrected chi connectivity index (χ4v) is 11.5. The van der Waals surface area contributed by atoms with Gasteiger partial charge in [-0.1, -0.05) is 148 Å². The van der Waals surface area contributed by atoms with Crippen LogP contribution < -0.4 is 21.9 Å². The molecule has 0 N–H and O–H groups in total. The van der Waals surface area contributed by atoms with Crippen LogP contribution in [0.5, 0.6) is 0 Å². The van der Waals surface area contributed by atoms with E-state index in [2.05, 4.69) is 0 Å². The quantitative estimate of drug-likeness (QED) is 0.0641. The van der Waals surface area contributed by atoms with E-state index in [-0.39, 0.29) is 0 Å². The molecule has 0 unspecified atom stereocenters. The van der Waals surface area contributed by atoms with E-state index in [0.29, 0.717) is 11.3 Å². The third-order valence-electron chi connectivity index (χ3n) is 12.3. The van der Waals surface area contributed by atoms with Gasteiger partial charge in [0.2, 0.25) is 3.79 Å². The van der Waals surface area contributed by atoms with Crippen molar-refractivity contribution in [2.24, 2.45) is 0 Å². The Balaban J connectivity index is 0.000000357. The maximum Gasteiger partial charge on any atom is 0.416 e. The second kappa shape index (κ2) is 22.5. The number of halogens is 27. The van der Waals surface area contributed by atoms with Crippen molar-refractivity contribution in [3.8, 4) is 0 Å². The molecule has 0 saturated heterocycles. The summed E-state index contributed by atoms with van der Waals surface area (Å²) in [6, 6.07) is 17.5. The maximum absolute atomic E-state index is 14.2. The summed E-state index contributed by atoms with van der Waals surface area (Å²) in [5.41, 5.74) is -28.7. The minimum absolute atomic E-state index is 0.390. The van der Waals surface area contributed by atoms with Crippen LogP contribution >= 0.6 is 34.8 Å². The maximum atomic E-state index is 14.2. The van der Waals surface area contributed by atoms with E-state index in [0.717, 1.165) is 15.4 Å². The lowest BCUT2D eigenvalue weighted by Gasteiger charge is -2.46. The first-order valence-corrected chi connectivity index (χ1v) is 25.2. The lowest BCUT2D eigenvalue weighted by molar-refractivity contribution is -0.144. The fourth-order valence-electron chi connectivity index (χ4n) is 8.68. The van der Waals surface area contributed by atoms with E-state index in [9.17, 15) is 110 Å². The van der Waals surface area contributed by atoms with E-state index >= 15 is 0 Å². The lowest BCUT2D eigenvalue weighted by Crippen LogP contribution is -2.75. The molecule has 0 fully saturated rings. The first-order valence-electron chi connectivity index (χ1n) is 22.3. The van der Waals surface area contributed by atoms with Crippen LogP contribution in [0, 0.1) is 0 Å². The molecule has 0 aliphatic heterocycles. The summed E-state index contributed by atoms with van der Waals surface area (Å²) in [4.78, 5) is 1.62. The van der Waals surface area contributed by atoms with Gasteiger partial charge in [0.25, 0.3) is 0 Å². The van der Waals surface area contributed by atoms with Crippen LogP contribution in [0.15, 0.2) is 168 Å². The van der Waals surface area contributed by atoms with Crippen molar-refractivity contribution in [3.05, 3.63) is 213 Å². The van der Waals surface area contributed by atoms with Gasteiger partial charge in [0.1, 0.15) is 11.9 Å². The Morgan fingerprint density at radius 2 is 0.500 bits per heavy atom. The lowest BCUT2D eigenvalue weighted by atomic mass is 9.12. The van der Waals surface area contributed by atoms with Gasteiger partial charge in [-0.3, -0.25) is 0 Å². The highest BCUT2D eigenvalue weighted by Gasteiger charge is 2.47. The number of rotatable bonds is 8. The molecule has 0 radical (unpaired) electrons. The molecule has 7 aromatic carbocycles. The van der Waals surface area contributed by atoms with Crippen molar-refractivity contribution < 1.29 is 110 Å². The van der Waals surface area contributed by atoms with Gasteiger partial charge in [-0.05, 0) is 48.5 Å². The second-order valence-electron chi connectivity index (χ2n) is 17.9. The Hall–Kier alpha value is -6.06. The third kappa shape index (κ3) is 14.8. The van der Waals surface area contributed by atoms with E-state index in [4.69, 9.17) is 34.8 Å². The zero-order valence-corrected chi connectivity index (χ0v) is 42.9. The van der Waals surface area contributed by atoms with Crippen molar-refractivity contribution in [1.29, 1.82) is 0 Å². The van der Waals surface area contributed by atoms with Crippen LogP contribution in [0.2, 0.25) is 0 Å². The molecule has 7 rings (SSSR count). The Kier molecular flexibility index (Phi) is 17.9. The summed E-state index contributed by atoms with van der Waals surface area (Å²) >= 11 is 17.7. The molecule has 7 aromatic rings. The summed E-state index contributed by atoms with van der Waals surface area (Å²) in [6.45, 7) is 0. The van der Waals surface area contributed by atoms with Crippen LogP contribution in [0.4, 0.5) is 105 Å². The van der Waals surface area contributed by atoms with Crippen molar-refractivity contribution in [2.75, 3.05) is 0 Å². The van der Waals surface area contributed by atoms with E-state index in [1.165, 1.54) is 0 Å². The van der Waals surface area contributed by atoms with Gasteiger partial charge >= 0.3 is 49.4 Å². The summed E-state index contributed by atoms with van der Waals surface area (Å²) in [5, 5.41) is 0. The Bertz CT molecular complexity index is 2970. The van der Waals surface area contributed by atoms with E-state index < -0.39 is 208 Å². The Morgan fingerprint density at radius 3 is 0.683 bits per heavy atom. The van der Waals surface area contributed by atoms with Crippen LogP contribution in [0.25, 0.3) is 0 Å². The standard InChI is InChI=1S/C32H12BF24.C20H16Cl3OS/c34-25(35,36)13-1-14(26(37,38)39)6-21(5-13)33(22-7-15(27(40,41)42)2-16(8-22)28(43,44)45,23-9-17(29(46,47)48)3-18(10-23)30(49,50)51)24-11-19(31(52,53)54)4-20(12-24)32(55,56)57;21-20(22,23)17-13-11-16(12-14-17)15-25(24,18-7-3-1-4-8-18)19-9-5-2-6-10-19/h1-12H;1-14H,15H2/q-1;+1. The van der Waals surface area contributed by atoms with Gasteiger partial charge in [-0.15, -0.1) is 0 Å². The minimum atomic E-state index is -6.13. The molecule has 0 saturated carbocycles. The third-order valence-corrected chi connectivity index (χ3v) is 15.8. The zero-order valence-electron chi connectivity index (χ0n) is 39.8. The second-order valence-corrected chi connectivity index (χ2v) is 22.7. The van der Waals surface area contributed by atoms with Gasteiger partial charge in [0.15, 0.2) is 19.7 Å². The minimum Gasteiger partial charge on any atom is -0.194 e. The van der Waals surface area contributed by atoms with E-state index in [1.807, 2.05) is 72.8 Å². The predicted molar refractivity (Wildman–Crippen MR) is 257 cm³/mol. The van der Waals surface area contributed by atoms with Crippen molar-refractivity contribution in [2.45, 2.75) is 68.7 Å². The van der Waals surface area contributed by atoms with Crippen molar-refractivity contribution in [1.82, 2.24) is 0 Å². The first-order chi connectivity index (χ1) is 37.2. The average Bonchev–Trinajstić information content (AvgIpc) is 2.85. The molecule has 0 bridgehead atoms. The van der Waals surface area contributed by atoms with Crippen molar-refractivity contribution in [3.63, 3.8) is 0 Å². The zero-order chi connectivity index (χ0) is 61.8. The number of hydrogen-bond acceptors (Lipinski definition) is 1. The normalized spacial score (nSPS) is 13.6. The van der Waals surface area contributed by atoms with Crippen LogP contribution in [-0.4, -0.2) is 6.15 Å². The molecule has 0 amide bonds. The first kappa shape index (κ1) is 65.1. The van der Waals surface area contributed by atoms with Crippen molar-refractivity contribution >= 4 is 72.7 Å². The highest BCUT2D eigenvalue weighted by molar-refractivity contribution is 8.02. The van der Waals surface area contributed by atoms with Gasteiger partial charge in [-0.2, -0.15) is 127 Å². The van der Waals surface area contributed by atoms with Crippen LogP contribution in [-0.2, 0) is 73.1 Å². The Morgan fingerprint density at radius 1 is 0.293 bits per heavy atom. The van der Waals surface area contributed by atoms with E-state index in [1.54, 1.807) is 12.1 Å². The number of alkyl halides is 27. The SMILES string of the molecule is FC(F)(F)c1cc([B-](c2cc(C(F)(F)F)cc(C(F)(F)F)c2)(c2cc(C(F)(F)F)cc(C(F)(F)F)c2)c2cc(C(F)(F)F)cc(C(F)(F)F)c2)cc(C(F)(F)F)c1.O=[S+](Cc1ccc(C(Cl)(Cl)Cl)cc1)(c1ccccc1)c1ccccc1. The van der Waals surface area contributed by atoms with Gasteiger partial charge < -0.3 is 0 Å². The molecule has 0 aliphatic rings. The highest BCUT2D eigenvalue weighted by Crippen LogP contribution is 2.43. The predicted octanol–water partition coefficient (Wildman–Crippen LogP) is 17.8. The summed E-state index contributed by atoms with van der Waals surface area (Å²) in [5.74, 6) is 0.390. The molecule has 1 nitrogen and oxygen atoms in total. The summed E-state index contributed by atoms with van der Waals surface area (Å²) in [6.07, 6.45) is -54.8. The molecular weight excluding hydrogens is 1250 g/mol. The molecule has 82 heavy (non-hydrogen) atoms. The van der Waals surface area contributed by atoms with Gasteiger partial charge in [0, 0.05) is 11.1 Å². The molecule has 440 valence electrons. The Labute approximate surface area is 462 Å². The molecule has 0 heterocycles. The summed E-state index contributed by atoms with van der Waals surface area (Å²) < 4.78 is 353. The molecular formula is C52H28BCl3F24OS. The highest BCUT2D eigenvalue weighted by atomic mass is 35.6. The molecule has 30 heteroatoms. The monoisotopic (exact) mass is 1270 g/mol. The molecule has 0 spiro atoms. The fraction of sp³-hybridized carbons (Fsp3) is 0.192. The van der Waals surface area contributed by atoms with Crippen LogP contribution in [0.3, 0.4) is 0 Å². The molecule has 0 atom stereocenters. The largest absolute Gasteiger partial charge is 0.416 e. The average molecular weight is 1270 g/mol. The van der Waals surface area contributed by atoms with Crippen LogP contribution in [0.1, 0.15) is 55.6 Å². The molecule has 0 aliphatic carbocycles. The van der Waals surface area contributed by atoms with Gasteiger partial charge in [0.05, 0.1) is 44.5 Å². The number of benzene rings is 7. The summed E-state index contributed by atoms with van der Waals surface area (Å²) in [7, 11) is -2.45. The number of hydrogen-bond donors (Lipinski definition) is 0. The topological polar surface area (TPSA) is 17.1 Å². The van der Waals surface area contributed by atoms with Gasteiger partial charge in [-0.25, -0.2) is 0 Å².